The quantitative estimate of drug-likeness (QED) is 0.556. The molecule has 9 heteroatoms. The summed E-state index contributed by atoms with van der Waals surface area (Å²) in [5.74, 6) is -3.27. The lowest BCUT2D eigenvalue weighted by Gasteiger charge is -2.26. The highest BCUT2D eigenvalue weighted by Gasteiger charge is 2.42. The van der Waals surface area contributed by atoms with Crippen LogP contribution in [0.4, 0.5) is 5.69 Å². The first kappa shape index (κ1) is 18.1. The predicted octanol–water partition coefficient (Wildman–Crippen LogP) is 0.409. The number of carboxylic acids is 1. The van der Waals surface area contributed by atoms with Crippen LogP contribution in [0.25, 0.3) is 0 Å². The number of Topliss-reactive ketones (excluding diaryl/α,β-unsaturated/α-hetero) is 1. The third-order valence-corrected chi connectivity index (χ3v) is 3.88. The van der Waals surface area contributed by atoms with E-state index in [0.717, 1.165) is 0 Å². The van der Waals surface area contributed by atoms with Crippen molar-refractivity contribution in [1.82, 2.24) is 4.90 Å². The van der Waals surface area contributed by atoms with Gasteiger partial charge in [0.1, 0.15) is 0 Å². The van der Waals surface area contributed by atoms with E-state index in [0.29, 0.717) is 5.56 Å². The summed E-state index contributed by atoms with van der Waals surface area (Å²) < 4.78 is 0. The number of nitrogens with zero attached hydrogens (tertiary/aromatic N) is 2. The Morgan fingerprint density at radius 1 is 1.28 bits per heavy atom. The number of non-ortho nitro benzene ring substituents is 1. The third kappa shape index (κ3) is 3.65. The van der Waals surface area contributed by atoms with E-state index in [1.807, 2.05) is 0 Å². The lowest BCUT2D eigenvalue weighted by molar-refractivity contribution is -0.384. The van der Waals surface area contributed by atoms with Gasteiger partial charge in [0.05, 0.1) is 16.5 Å². The minimum absolute atomic E-state index is 0.0185. The van der Waals surface area contributed by atoms with Crippen LogP contribution in [0.1, 0.15) is 31.4 Å². The summed E-state index contributed by atoms with van der Waals surface area (Å²) in [6, 6.07) is 4.32. The number of ketones is 1. The maximum absolute atomic E-state index is 12.2. The van der Waals surface area contributed by atoms with Gasteiger partial charge >= 0.3 is 0 Å². The van der Waals surface area contributed by atoms with Crippen LogP contribution in [0.15, 0.2) is 35.6 Å². The molecule has 9 nitrogen and oxygen atoms in total. The SMILES string of the molecule is CC(=O)C1=C(O)C(=O)N(CCCC(=O)[O-])C1c1ccc([N+](=O)[O-])cc1. The van der Waals surface area contributed by atoms with Crippen LogP contribution < -0.4 is 5.11 Å². The fourth-order valence-corrected chi connectivity index (χ4v) is 2.76. The number of aliphatic hydroxyl groups is 1. The maximum atomic E-state index is 12.2. The Labute approximate surface area is 142 Å². The van der Waals surface area contributed by atoms with Crippen LogP contribution in [0, 0.1) is 10.1 Å². The van der Waals surface area contributed by atoms with Gasteiger partial charge in [0.2, 0.25) is 0 Å². The van der Waals surface area contributed by atoms with Gasteiger partial charge in [0.25, 0.3) is 11.6 Å². The van der Waals surface area contributed by atoms with Crippen molar-refractivity contribution in [1.29, 1.82) is 0 Å². The van der Waals surface area contributed by atoms with E-state index in [9.17, 15) is 34.7 Å². The van der Waals surface area contributed by atoms with Crippen molar-refractivity contribution in [3.8, 4) is 0 Å². The summed E-state index contributed by atoms with van der Waals surface area (Å²) in [6.45, 7) is 1.18. The summed E-state index contributed by atoms with van der Waals surface area (Å²) in [5, 5.41) is 31.3. The van der Waals surface area contributed by atoms with Crippen molar-refractivity contribution >= 4 is 23.3 Å². The highest BCUT2D eigenvalue weighted by molar-refractivity contribution is 6.08. The van der Waals surface area contributed by atoms with Crippen LogP contribution in [0.3, 0.4) is 0 Å². The van der Waals surface area contributed by atoms with Crippen molar-refractivity contribution in [2.45, 2.75) is 25.8 Å². The molecule has 2 rings (SSSR count). The fraction of sp³-hybridized carbons (Fsp3) is 0.312. The van der Waals surface area contributed by atoms with E-state index in [1.165, 1.54) is 36.1 Å². The van der Waals surface area contributed by atoms with E-state index in [-0.39, 0.29) is 30.6 Å². The zero-order valence-electron chi connectivity index (χ0n) is 13.3. The second-order valence-corrected chi connectivity index (χ2v) is 5.54. The number of hydrogen-bond donors (Lipinski definition) is 1. The molecule has 1 unspecified atom stereocenters. The number of hydrogen-bond acceptors (Lipinski definition) is 7. The summed E-state index contributed by atoms with van der Waals surface area (Å²) in [4.78, 5) is 46.0. The van der Waals surface area contributed by atoms with Crippen LogP contribution in [-0.2, 0) is 14.4 Å². The Kier molecular flexibility index (Phi) is 5.16. The molecule has 1 aromatic carbocycles. The molecule has 1 aliphatic rings. The average Bonchev–Trinajstić information content (AvgIpc) is 2.79. The first-order valence-electron chi connectivity index (χ1n) is 7.43. The molecule has 1 N–H and O–H groups in total. The van der Waals surface area contributed by atoms with Gasteiger partial charge in [-0.1, -0.05) is 0 Å². The number of nitro groups is 1. The maximum Gasteiger partial charge on any atom is 0.290 e. The van der Waals surface area contributed by atoms with Crippen molar-refractivity contribution < 1.29 is 29.5 Å². The zero-order valence-corrected chi connectivity index (χ0v) is 13.3. The first-order valence-corrected chi connectivity index (χ1v) is 7.43. The predicted molar refractivity (Wildman–Crippen MR) is 82.1 cm³/mol. The monoisotopic (exact) mass is 347 g/mol. The molecule has 0 aliphatic carbocycles. The summed E-state index contributed by atoms with van der Waals surface area (Å²) in [5.41, 5.74) is 0.128. The number of carbonyl (C=O) groups is 3. The highest BCUT2D eigenvalue weighted by Crippen LogP contribution is 2.38. The van der Waals surface area contributed by atoms with E-state index >= 15 is 0 Å². The van der Waals surface area contributed by atoms with E-state index < -0.39 is 34.4 Å². The summed E-state index contributed by atoms with van der Waals surface area (Å²) >= 11 is 0. The van der Waals surface area contributed by atoms with Crippen LogP contribution in [0.2, 0.25) is 0 Å². The molecule has 0 spiro atoms. The Balaban J connectivity index is 2.38. The molecule has 1 aromatic rings. The van der Waals surface area contributed by atoms with Crippen molar-refractivity contribution in [3.63, 3.8) is 0 Å². The lowest BCUT2D eigenvalue weighted by atomic mass is 9.96. The Bertz CT molecular complexity index is 767. The van der Waals surface area contributed by atoms with Crippen LogP contribution >= 0.6 is 0 Å². The molecular weight excluding hydrogens is 332 g/mol. The number of amides is 1. The van der Waals surface area contributed by atoms with Crippen molar-refractivity contribution in [3.05, 3.63) is 51.3 Å². The Morgan fingerprint density at radius 3 is 2.36 bits per heavy atom. The second-order valence-electron chi connectivity index (χ2n) is 5.54. The fourth-order valence-electron chi connectivity index (χ4n) is 2.76. The molecule has 0 aromatic heterocycles. The van der Waals surface area contributed by atoms with Gasteiger partial charge in [-0.2, -0.15) is 0 Å². The molecule has 1 atom stereocenters. The number of rotatable bonds is 7. The minimum Gasteiger partial charge on any atom is -0.550 e. The number of carbonyl (C=O) groups excluding carboxylic acids is 3. The Hall–Kier alpha value is -3.23. The smallest absolute Gasteiger partial charge is 0.290 e. The number of nitro benzene ring substituents is 1. The van der Waals surface area contributed by atoms with E-state index in [4.69, 9.17) is 0 Å². The van der Waals surface area contributed by atoms with Gasteiger partial charge < -0.3 is 19.9 Å². The molecule has 0 radical (unpaired) electrons. The molecular formula is C16H15N2O7-. The van der Waals surface area contributed by atoms with E-state index in [1.54, 1.807) is 0 Å². The van der Waals surface area contributed by atoms with Crippen LogP contribution in [-0.4, -0.2) is 39.1 Å². The second kappa shape index (κ2) is 7.12. The average molecular weight is 347 g/mol. The molecule has 0 saturated carbocycles. The molecule has 132 valence electrons. The number of aliphatic carboxylic acids is 1. The van der Waals surface area contributed by atoms with Gasteiger partial charge in [-0.15, -0.1) is 0 Å². The van der Waals surface area contributed by atoms with Crippen molar-refractivity contribution in [2.75, 3.05) is 6.54 Å². The number of carboxylic acid groups (broad SMARTS) is 1. The van der Waals surface area contributed by atoms with Crippen molar-refractivity contribution in [2.24, 2.45) is 0 Å². The minimum atomic E-state index is -1.28. The summed E-state index contributed by atoms with van der Waals surface area (Å²) in [6.07, 6.45) is -0.205. The first-order chi connectivity index (χ1) is 11.7. The normalized spacial score (nSPS) is 17.1. The Morgan fingerprint density at radius 2 is 1.88 bits per heavy atom. The van der Waals surface area contributed by atoms with E-state index in [2.05, 4.69) is 0 Å². The van der Waals surface area contributed by atoms with Gasteiger partial charge in [-0.05, 0) is 37.5 Å². The standard InChI is InChI=1S/C16H16N2O7/c1-9(19)13-14(10-4-6-11(7-5-10)18(24)25)17(16(23)15(13)22)8-2-3-12(20)21/h4-7,14,22H,2-3,8H2,1H3,(H,20,21)/p-1. The van der Waals surface area contributed by atoms with Crippen LogP contribution in [0.5, 0.6) is 0 Å². The van der Waals surface area contributed by atoms with Gasteiger partial charge in [-0.3, -0.25) is 19.7 Å². The summed E-state index contributed by atoms with van der Waals surface area (Å²) in [7, 11) is 0. The van der Waals surface area contributed by atoms with Gasteiger partial charge in [0.15, 0.2) is 11.5 Å². The molecule has 1 heterocycles. The molecule has 0 saturated heterocycles. The molecule has 0 fully saturated rings. The molecule has 1 aliphatic heterocycles. The number of aliphatic hydroxyl groups excluding tert-OH is 1. The largest absolute Gasteiger partial charge is 0.550 e. The van der Waals surface area contributed by atoms with Gasteiger partial charge in [0, 0.05) is 24.6 Å². The number of benzene rings is 1. The lowest BCUT2D eigenvalue weighted by Crippen LogP contribution is -2.33. The third-order valence-electron chi connectivity index (χ3n) is 3.88. The zero-order chi connectivity index (χ0) is 18.7. The molecule has 1 amide bonds. The van der Waals surface area contributed by atoms with Gasteiger partial charge in [-0.25, -0.2) is 0 Å². The topological polar surface area (TPSA) is 141 Å². The highest BCUT2D eigenvalue weighted by atomic mass is 16.6. The molecule has 0 bridgehead atoms. The molecule has 25 heavy (non-hydrogen) atoms.